The van der Waals surface area contributed by atoms with E-state index in [9.17, 15) is 0 Å². The third-order valence-electron chi connectivity index (χ3n) is 2.48. The molecule has 0 fully saturated rings. The second-order valence-electron chi connectivity index (χ2n) is 3.48. The molecule has 1 nitrogen and oxygen atoms in total. The van der Waals surface area contributed by atoms with Crippen LogP contribution in [0, 0.1) is 5.92 Å². The van der Waals surface area contributed by atoms with Gasteiger partial charge in [0, 0.05) is 5.88 Å². The zero-order valence-electron chi connectivity index (χ0n) is 8.79. The highest BCUT2D eigenvalue weighted by molar-refractivity contribution is 6.18. The normalized spacial score (nSPS) is 12.5. The number of hydrogen-bond donors (Lipinski definition) is 0. The highest BCUT2D eigenvalue weighted by Gasteiger charge is 2.05. The van der Waals surface area contributed by atoms with Crippen LogP contribution in [0.5, 0.6) is 5.75 Å². The zero-order valence-corrected chi connectivity index (χ0v) is 9.55. The highest BCUT2D eigenvalue weighted by atomic mass is 35.5. The van der Waals surface area contributed by atoms with Crippen LogP contribution in [0.1, 0.15) is 18.9 Å². The second kappa shape index (κ2) is 5.92. The van der Waals surface area contributed by atoms with E-state index in [1.165, 1.54) is 5.56 Å². The Hall–Kier alpha value is -0.690. The Morgan fingerprint density at radius 2 is 1.93 bits per heavy atom. The summed E-state index contributed by atoms with van der Waals surface area (Å²) in [5.74, 6) is 2.24. The van der Waals surface area contributed by atoms with Crippen LogP contribution in [0.25, 0.3) is 0 Å². The van der Waals surface area contributed by atoms with Gasteiger partial charge in [0.15, 0.2) is 0 Å². The number of rotatable bonds is 5. The van der Waals surface area contributed by atoms with Gasteiger partial charge in [-0.05, 0) is 30.0 Å². The maximum atomic E-state index is 5.85. The largest absolute Gasteiger partial charge is 0.497 e. The number of hydrogen-bond acceptors (Lipinski definition) is 1. The molecule has 0 aliphatic heterocycles. The molecule has 0 heterocycles. The first-order valence-electron chi connectivity index (χ1n) is 4.99. The maximum Gasteiger partial charge on any atom is 0.118 e. The predicted molar refractivity (Wildman–Crippen MR) is 61.2 cm³/mol. The molecule has 0 spiro atoms. The summed E-state index contributed by atoms with van der Waals surface area (Å²) in [6.45, 7) is 2.18. The van der Waals surface area contributed by atoms with Crippen LogP contribution in [0.3, 0.4) is 0 Å². The molecule has 0 aliphatic carbocycles. The summed E-state index contributed by atoms with van der Waals surface area (Å²) in [7, 11) is 1.68. The second-order valence-corrected chi connectivity index (χ2v) is 3.79. The van der Waals surface area contributed by atoms with Gasteiger partial charge >= 0.3 is 0 Å². The summed E-state index contributed by atoms with van der Waals surface area (Å²) in [6.07, 6.45) is 2.19. The van der Waals surface area contributed by atoms with Crippen LogP contribution in [0.15, 0.2) is 24.3 Å². The van der Waals surface area contributed by atoms with Crippen molar-refractivity contribution in [1.29, 1.82) is 0 Å². The summed E-state index contributed by atoms with van der Waals surface area (Å²) in [6, 6.07) is 8.20. The molecule has 0 N–H and O–H groups in total. The Kier molecular flexibility index (Phi) is 4.81. The van der Waals surface area contributed by atoms with Gasteiger partial charge in [0.05, 0.1) is 7.11 Å². The lowest BCUT2D eigenvalue weighted by atomic mass is 9.99. The van der Waals surface area contributed by atoms with Gasteiger partial charge in [0.25, 0.3) is 0 Å². The highest BCUT2D eigenvalue weighted by Crippen LogP contribution is 2.17. The Balaban J connectivity index is 2.58. The first-order valence-corrected chi connectivity index (χ1v) is 5.52. The lowest BCUT2D eigenvalue weighted by Gasteiger charge is -2.11. The number of methoxy groups -OCH3 is 1. The van der Waals surface area contributed by atoms with Crippen molar-refractivity contribution in [3.05, 3.63) is 29.8 Å². The van der Waals surface area contributed by atoms with E-state index in [1.807, 2.05) is 12.1 Å². The topological polar surface area (TPSA) is 9.23 Å². The fourth-order valence-corrected chi connectivity index (χ4v) is 1.73. The first-order chi connectivity index (χ1) is 6.80. The van der Waals surface area contributed by atoms with Crippen LogP contribution in [0.4, 0.5) is 0 Å². The van der Waals surface area contributed by atoms with Gasteiger partial charge < -0.3 is 4.74 Å². The quantitative estimate of drug-likeness (QED) is 0.679. The summed E-state index contributed by atoms with van der Waals surface area (Å²) in [5.41, 5.74) is 1.33. The Bertz CT molecular complexity index is 252. The third kappa shape index (κ3) is 3.22. The smallest absolute Gasteiger partial charge is 0.118 e. The minimum atomic E-state index is 0.588. The number of benzene rings is 1. The van der Waals surface area contributed by atoms with E-state index in [-0.39, 0.29) is 0 Å². The number of halogens is 1. The van der Waals surface area contributed by atoms with Gasteiger partial charge in [-0.2, -0.15) is 0 Å². The van der Waals surface area contributed by atoms with Gasteiger partial charge in [-0.25, -0.2) is 0 Å². The van der Waals surface area contributed by atoms with Crippen molar-refractivity contribution in [3.63, 3.8) is 0 Å². The molecular formula is C12H17ClO. The average molecular weight is 213 g/mol. The Morgan fingerprint density at radius 3 is 2.36 bits per heavy atom. The van der Waals surface area contributed by atoms with E-state index in [2.05, 4.69) is 19.1 Å². The molecule has 14 heavy (non-hydrogen) atoms. The molecule has 1 atom stereocenters. The molecule has 1 aromatic carbocycles. The molecule has 0 saturated heterocycles. The van der Waals surface area contributed by atoms with E-state index < -0.39 is 0 Å². The first kappa shape index (κ1) is 11.4. The summed E-state index contributed by atoms with van der Waals surface area (Å²) < 4.78 is 5.10. The molecule has 2 heteroatoms. The van der Waals surface area contributed by atoms with Gasteiger partial charge in [-0.3, -0.25) is 0 Å². The number of ether oxygens (including phenoxy) is 1. The Morgan fingerprint density at radius 1 is 1.29 bits per heavy atom. The van der Waals surface area contributed by atoms with Crippen LogP contribution < -0.4 is 4.74 Å². The van der Waals surface area contributed by atoms with Crippen LogP contribution in [0.2, 0.25) is 0 Å². The standard InChI is InChI=1S/C12H17ClO/c1-3-10(9-13)8-11-4-6-12(14-2)7-5-11/h4-7,10H,3,8-9H2,1-2H3. The molecule has 1 unspecified atom stereocenters. The summed E-state index contributed by atoms with van der Waals surface area (Å²) in [4.78, 5) is 0. The molecule has 1 rings (SSSR count). The van der Waals surface area contributed by atoms with Crippen LogP contribution in [-0.2, 0) is 6.42 Å². The summed E-state index contributed by atoms with van der Waals surface area (Å²) >= 11 is 5.85. The van der Waals surface area contributed by atoms with E-state index in [0.29, 0.717) is 5.92 Å². The average Bonchev–Trinajstić information content (AvgIpc) is 2.26. The van der Waals surface area contributed by atoms with Gasteiger partial charge in [0.2, 0.25) is 0 Å². The van der Waals surface area contributed by atoms with E-state index in [1.54, 1.807) is 7.11 Å². The molecule has 0 aliphatic rings. The maximum absolute atomic E-state index is 5.85. The van der Waals surface area contributed by atoms with Crippen molar-refractivity contribution in [2.45, 2.75) is 19.8 Å². The van der Waals surface area contributed by atoms with Crippen molar-refractivity contribution >= 4 is 11.6 Å². The van der Waals surface area contributed by atoms with Gasteiger partial charge in [-0.15, -0.1) is 11.6 Å². The van der Waals surface area contributed by atoms with Gasteiger partial charge in [-0.1, -0.05) is 25.5 Å². The number of alkyl halides is 1. The van der Waals surface area contributed by atoms with Crippen molar-refractivity contribution in [3.8, 4) is 5.75 Å². The van der Waals surface area contributed by atoms with Gasteiger partial charge in [0.1, 0.15) is 5.75 Å². The molecule has 0 radical (unpaired) electrons. The third-order valence-corrected chi connectivity index (χ3v) is 2.92. The van der Waals surface area contributed by atoms with E-state index in [4.69, 9.17) is 16.3 Å². The van der Waals surface area contributed by atoms with Crippen LogP contribution >= 0.6 is 11.6 Å². The minimum Gasteiger partial charge on any atom is -0.497 e. The minimum absolute atomic E-state index is 0.588. The lowest BCUT2D eigenvalue weighted by Crippen LogP contribution is -2.04. The zero-order chi connectivity index (χ0) is 10.4. The predicted octanol–water partition coefficient (Wildman–Crippen LogP) is 3.50. The molecule has 0 saturated carbocycles. The molecule has 1 aromatic rings. The summed E-state index contributed by atoms with van der Waals surface area (Å²) in [5, 5.41) is 0. The monoisotopic (exact) mass is 212 g/mol. The molecule has 0 aromatic heterocycles. The molecule has 0 amide bonds. The van der Waals surface area contributed by atoms with E-state index >= 15 is 0 Å². The van der Waals surface area contributed by atoms with Crippen molar-refractivity contribution in [1.82, 2.24) is 0 Å². The Labute approximate surface area is 91.0 Å². The SMILES string of the molecule is CCC(CCl)Cc1ccc(OC)cc1. The van der Waals surface area contributed by atoms with Crippen molar-refractivity contribution in [2.75, 3.05) is 13.0 Å². The molecular weight excluding hydrogens is 196 g/mol. The lowest BCUT2D eigenvalue weighted by molar-refractivity contribution is 0.414. The van der Waals surface area contributed by atoms with Crippen molar-refractivity contribution < 1.29 is 4.74 Å². The van der Waals surface area contributed by atoms with E-state index in [0.717, 1.165) is 24.5 Å². The van der Waals surface area contributed by atoms with Crippen LogP contribution in [-0.4, -0.2) is 13.0 Å². The fourth-order valence-electron chi connectivity index (χ4n) is 1.40. The van der Waals surface area contributed by atoms with Crippen molar-refractivity contribution in [2.24, 2.45) is 5.92 Å². The molecule has 0 bridgehead atoms. The fraction of sp³-hybridized carbons (Fsp3) is 0.500. The molecule has 78 valence electrons.